The Hall–Kier alpha value is -0.990. The lowest BCUT2D eigenvalue weighted by atomic mass is 9.98. The molecule has 9 heteroatoms. The van der Waals surface area contributed by atoms with Gasteiger partial charge in [-0.2, -0.15) is 13.2 Å². The molecule has 0 spiro atoms. The van der Waals surface area contributed by atoms with Gasteiger partial charge in [0.05, 0.1) is 0 Å². The molecule has 1 N–H and O–H groups in total. The number of piperazine rings is 1. The highest BCUT2D eigenvalue weighted by Crippen LogP contribution is 2.33. The van der Waals surface area contributed by atoms with Crippen LogP contribution in [-0.2, 0) is 0 Å². The summed E-state index contributed by atoms with van der Waals surface area (Å²) < 4.78 is 77.8. The standard InChI is InChI=1S/C14H16F6N2.ClH/c15-10-2-1-9(12(16)13(10)17)11(3-4-14(18,19)20)22-7-5-21-6-8-22;/h1-2,11,21H,3-8H2;1H/t11-;/m1./s1. The maximum Gasteiger partial charge on any atom is 0.389 e. The molecule has 1 aliphatic rings. The summed E-state index contributed by atoms with van der Waals surface area (Å²) in [5.74, 6) is -4.41. The summed E-state index contributed by atoms with van der Waals surface area (Å²) in [5.41, 5.74) is -0.231. The maximum atomic E-state index is 13.9. The number of rotatable bonds is 4. The van der Waals surface area contributed by atoms with Crippen LogP contribution in [0.5, 0.6) is 0 Å². The molecule has 1 aliphatic heterocycles. The molecule has 2 nitrogen and oxygen atoms in total. The Kier molecular flexibility index (Phi) is 7.16. The highest BCUT2D eigenvalue weighted by molar-refractivity contribution is 5.85. The molecule has 1 fully saturated rings. The van der Waals surface area contributed by atoms with Crippen LogP contribution in [0.25, 0.3) is 0 Å². The lowest BCUT2D eigenvalue weighted by molar-refractivity contribution is -0.138. The summed E-state index contributed by atoms with van der Waals surface area (Å²) in [6.45, 7) is 1.93. The molecule has 0 aromatic heterocycles. The zero-order valence-corrected chi connectivity index (χ0v) is 12.9. The zero-order chi connectivity index (χ0) is 16.3. The van der Waals surface area contributed by atoms with Crippen LogP contribution in [0.2, 0.25) is 0 Å². The van der Waals surface area contributed by atoms with Gasteiger partial charge in [0.2, 0.25) is 0 Å². The van der Waals surface area contributed by atoms with E-state index < -0.39 is 42.5 Å². The number of hydrogen-bond acceptors (Lipinski definition) is 2. The van der Waals surface area contributed by atoms with E-state index in [0.29, 0.717) is 26.2 Å². The van der Waals surface area contributed by atoms with Gasteiger partial charge in [-0.25, -0.2) is 13.2 Å². The van der Waals surface area contributed by atoms with Crippen molar-refractivity contribution in [3.05, 3.63) is 35.1 Å². The molecule has 1 saturated heterocycles. The third-order valence-corrected chi connectivity index (χ3v) is 3.72. The fourth-order valence-electron chi connectivity index (χ4n) is 2.63. The molecule has 132 valence electrons. The van der Waals surface area contributed by atoms with Crippen LogP contribution >= 0.6 is 12.4 Å². The minimum atomic E-state index is -4.39. The zero-order valence-electron chi connectivity index (χ0n) is 12.1. The number of halogens is 7. The van der Waals surface area contributed by atoms with E-state index >= 15 is 0 Å². The second-order valence-electron chi connectivity index (χ2n) is 5.22. The van der Waals surface area contributed by atoms with Gasteiger partial charge in [-0.05, 0) is 12.5 Å². The second kappa shape index (κ2) is 8.21. The Balaban J connectivity index is 0.00000264. The number of alkyl halides is 3. The van der Waals surface area contributed by atoms with Crippen LogP contribution in [0, 0.1) is 17.5 Å². The minimum absolute atomic E-state index is 0. The van der Waals surface area contributed by atoms with Crippen molar-refractivity contribution in [3.63, 3.8) is 0 Å². The van der Waals surface area contributed by atoms with Crippen LogP contribution in [-0.4, -0.2) is 37.3 Å². The largest absolute Gasteiger partial charge is 0.389 e. The summed E-state index contributed by atoms with van der Waals surface area (Å²) in [7, 11) is 0. The van der Waals surface area contributed by atoms with Crippen molar-refractivity contribution in [1.82, 2.24) is 10.2 Å². The van der Waals surface area contributed by atoms with Crippen molar-refractivity contribution in [2.75, 3.05) is 26.2 Å². The Labute approximate surface area is 136 Å². The highest BCUT2D eigenvalue weighted by atomic mass is 35.5. The van der Waals surface area contributed by atoms with E-state index in [-0.39, 0.29) is 18.0 Å². The van der Waals surface area contributed by atoms with Crippen molar-refractivity contribution < 1.29 is 26.3 Å². The third-order valence-electron chi connectivity index (χ3n) is 3.72. The summed E-state index contributed by atoms with van der Waals surface area (Å²) in [5, 5.41) is 3.04. The average molecular weight is 363 g/mol. The number of hydrogen-bond donors (Lipinski definition) is 1. The molecule has 0 saturated carbocycles. The van der Waals surface area contributed by atoms with E-state index in [0.717, 1.165) is 12.1 Å². The molecule has 1 heterocycles. The van der Waals surface area contributed by atoms with Gasteiger partial charge < -0.3 is 5.32 Å². The molecule has 1 aromatic rings. The monoisotopic (exact) mass is 362 g/mol. The van der Waals surface area contributed by atoms with Gasteiger partial charge in [0.25, 0.3) is 0 Å². The molecule has 1 atom stereocenters. The molecular formula is C14H17ClF6N2. The van der Waals surface area contributed by atoms with Crippen LogP contribution in [0.15, 0.2) is 12.1 Å². The first-order chi connectivity index (χ1) is 10.3. The molecule has 0 unspecified atom stereocenters. The lowest BCUT2D eigenvalue weighted by Crippen LogP contribution is -2.45. The summed E-state index contributed by atoms with van der Waals surface area (Å²) >= 11 is 0. The van der Waals surface area contributed by atoms with Crippen molar-refractivity contribution >= 4 is 12.4 Å². The smallest absolute Gasteiger partial charge is 0.314 e. The van der Waals surface area contributed by atoms with E-state index in [1.807, 2.05) is 0 Å². The molecule has 2 rings (SSSR count). The molecule has 1 aromatic carbocycles. The molecule has 0 aliphatic carbocycles. The Morgan fingerprint density at radius 2 is 1.65 bits per heavy atom. The molecule has 0 bridgehead atoms. The number of nitrogens with zero attached hydrogens (tertiary/aromatic N) is 1. The summed E-state index contributed by atoms with van der Waals surface area (Å²) in [6, 6.07) is 0.840. The first kappa shape index (κ1) is 20.1. The predicted molar refractivity (Wildman–Crippen MR) is 76.0 cm³/mol. The van der Waals surface area contributed by atoms with Crippen LogP contribution in [0.3, 0.4) is 0 Å². The Morgan fingerprint density at radius 3 is 2.22 bits per heavy atom. The summed E-state index contributed by atoms with van der Waals surface area (Å²) in [4.78, 5) is 1.66. The molecule has 0 amide bonds. The minimum Gasteiger partial charge on any atom is -0.314 e. The fraction of sp³-hybridized carbons (Fsp3) is 0.571. The average Bonchev–Trinajstić information content (AvgIpc) is 2.47. The Bertz CT molecular complexity index is 517. The van der Waals surface area contributed by atoms with Gasteiger partial charge in [-0.15, -0.1) is 12.4 Å². The normalized spacial score (nSPS) is 17.7. The SMILES string of the molecule is Cl.Fc1ccc([C@@H](CCC(F)(F)F)N2CCNCC2)c(F)c1F. The quantitative estimate of drug-likeness (QED) is 0.647. The highest BCUT2D eigenvalue weighted by Gasteiger charge is 2.33. The second-order valence-corrected chi connectivity index (χ2v) is 5.22. The van der Waals surface area contributed by atoms with E-state index in [9.17, 15) is 26.3 Å². The summed E-state index contributed by atoms with van der Waals surface area (Å²) in [6.07, 6.45) is -5.90. The van der Waals surface area contributed by atoms with Gasteiger partial charge in [-0.1, -0.05) is 6.07 Å². The van der Waals surface area contributed by atoms with Gasteiger partial charge in [0.15, 0.2) is 17.5 Å². The predicted octanol–water partition coefficient (Wildman–Crippen LogP) is 3.81. The van der Waals surface area contributed by atoms with Crippen molar-refractivity contribution in [2.24, 2.45) is 0 Å². The van der Waals surface area contributed by atoms with Crippen molar-refractivity contribution in [1.29, 1.82) is 0 Å². The first-order valence-electron chi connectivity index (χ1n) is 6.94. The molecule has 23 heavy (non-hydrogen) atoms. The van der Waals surface area contributed by atoms with Crippen molar-refractivity contribution in [3.8, 4) is 0 Å². The van der Waals surface area contributed by atoms with Crippen LogP contribution in [0.1, 0.15) is 24.4 Å². The van der Waals surface area contributed by atoms with Gasteiger partial charge in [0.1, 0.15) is 0 Å². The first-order valence-corrected chi connectivity index (χ1v) is 6.94. The van der Waals surface area contributed by atoms with Crippen LogP contribution < -0.4 is 5.32 Å². The van der Waals surface area contributed by atoms with Crippen LogP contribution in [0.4, 0.5) is 26.3 Å². The van der Waals surface area contributed by atoms with Gasteiger partial charge >= 0.3 is 6.18 Å². The van der Waals surface area contributed by atoms with Gasteiger partial charge in [0, 0.05) is 44.2 Å². The van der Waals surface area contributed by atoms with E-state index in [4.69, 9.17) is 0 Å². The number of benzene rings is 1. The number of nitrogens with one attached hydrogen (secondary N) is 1. The molecule has 0 radical (unpaired) electrons. The Morgan fingerprint density at radius 1 is 1.04 bits per heavy atom. The van der Waals surface area contributed by atoms with Gasteiger partial charge in [-0.3, -0.25) is 4.90 Å². The maximum absolute atomic E-state index is 13.9. The fourth-order valence-corrected chi connectivity index (χ4v) is 2.63. The molecular weight excluding hydrogens is 346 g/mol. The van der Waals surface area contributed by atoms with Crippen molar-refractivity contribution in [2.45, 2.75) is 25.1 Å². The third kappa shape index (κ3) is 5.26. The van der Waals surface area contributed by atoms with E-state index in [2.05, 4.69) is 5.32 Å². The lowest BCUT2D eigenvalue weighted by Gasteiger charge is -2.35. The topological polar surface area (TPSA) is 15.3 Å². The van der Waals surface area contributed by atoms with E-state index in [1.165, 1.54) is 0 Å². The van der Waals surface area contributed by atoms with E-state index in [1.54, 1.807) is 4.90 Å².